The van der Waals surface area contributed by atoms with Crippen LogP contribution in [0.5, 0.6) is 0 Å². The van der Waals surface area contributed by atoms with E-state index in [-0.39, 0.29) is 12.6 Å². The standard InChI is InChI=1S/C12H17N3O3/c13-8-1-2-10(12(14)17)11(5-8)15-3-4-18-7-9(15)6-16/h1-2,5,9,16H,3-4,6-7,13H2,(H2,14,17). The zero-order chi connectivity index (χ0) is 13.1. The van der Waals surface area contributed by atoms with Gasteiger partial charge in [-0.3, -0.25) is 4.79 Å². The van der Waals surface area contributed by atoms with Crippen molar-refractivity contribution in [1.29, 1.82) is 0 Å². The van der Waals surface area contributed by atoms with Crippen LogP contribution < -0.4 is 16.4 Å². The third kappa shape index (κ3) is 2.39. The fraction of sp³-hybridized carbons (Fsp3) is 0.417. The first kappa shape index (κ1) is 12.7. The molecular weight excluding hydrogens is 234 g/mol. The topological polar surface area (TPSA) is 102 Å². The van der Waals surface area contributed by atoms with E-state index in [0.717, 1.165) is 0 Å². The fourth-order valence-electron chi connectivity index (χ4n) is 2.12. The van der Waals surface area contributed by atoms with Crippen LogP contribution in [-0.2, 0) is 4.74 Å². The summed E-state index contributed by atoms with van der Waals surface area (Å²) in [7, 11) is 0. The van der Waals surface area contributed by atoms with Crippen LogP contribution in [0, 0.1) is 0 Å². The van der Waals surface area contributed by atoms with Gasteiger partial charge in [0, 0.05) is 12.2 Å². The van der Waals surface area contributed by atoms with E-state index < -0.39 is 5.91 Å². The SMILES string of the molecule is NC(=O)c1ccc(N)cc1N1CCOCC1CO. The molecule has 0 aliphatic carbocycles. The summed E-state index contributed by atoms with van der Waals surface area (Å²) >= 11 is 0. The Bertz CT molecular complexity index is 450. The summed E-state index contributed by atoms with van der Waals surface area (Å²) in [6.07, 6.45) is 0. The van der Waals surface area contributed by atoms with Gasteiger partial charge in [-0.1, -0.05) is 0 Å². The number of benzene rings is 1. The number of nitrogens with zero attached hydrogens (tertiary/aromatic N) is 1. The molecule has 1 heterocycles. The number of aliphatic hydroxyl groups excluding tert-OH is 1. The van der Waals surface area contributed by atoms with E-state index >= 15 is 0 Å². The second kappa shape index (κ2) is 5.24. The second-order valence-corrected chi connectivity index (χ2v) is 4.25. The smallest absolute Gasteiger partial charge is 0.250 e. The van der Waals surface area contributed by atoms with Gasteiger partial charge in [0.2, 0.25) is 0 Å². The second-order valence-electron chi connectivity index (χ2n) is 4.25. The lowest BCUT2D eigenvalue weighted by molar-refractivity contribution is 0.0724. The molecule has 0 bridgehead atoms. The molecule has 98 valence electrons. The molecule has 1 fully saturated rings. The van der Waals surface area contributed by atoms with Gasteiger partial charge in [-0.15, -0.1) is 0 Å². The first-order valence-electron chi connectivity index (χ1n) is 5.78. The van der Waals surface area contributed by atoms with Gasteiger partial charge in [0.15, 0.2) is 0 Å². The highest BCUT2D eigenvalue weighted by Crippen LogP contribution is 2.26. The molecule has 1 amide bonds. The van der Waals surface area contributed by atoms with Gasteiger partial charge in [-0.05, 0) is 18.2 Å². The van der Waals surface area contributed by atoms with E-state index in [9.17, 15) is 9.90 Å². The summed E-state index contributed by atoms with van der Waals surface area (Å²) in [6.45, 7) is 1.51. The van der Waals surface area contributed by atoms with Crippen LogP contribution in [0.1, 0.15) is 10.4 Å². The van der Waals surface area contributed by atoms with Gasteiger partial charge in [0.25, 0.3) is 5.91 Å². The Morgan fingerprint density at radius 2 is 2.33 bits per heavy atom. The minimum Gasteiger partial charge on any atom is -0.399 e. The number of primary amides is 1. The van der Waals surface area contributed by atoms with Crippen molar-refractivity contribution in [2.45, 2.75) is 6.04 Å². The van der Waals surface area contributed by atoms with Gasteiger partial charge in [0.05, 0.1) is 37.1 Å². The molecule has 1 atom stereocenters. The molecule has 1 saturated heterocycles. The zero-order valence-corrected chi connectivity index (χ0v) is 10.0. The van der Waals surface area contributed by atoms with Crippen molar-refractivity contribution in [2.24, 2.45) is 5.73 Å². The number of carbonyl (C=O) groups is 1. The van der Waals surface area contributed by atoms with Crippen molar-refractivity contribution in [3.63, 3.8) is 0 Å². The van der Waals surface area contributed by atoms with E-state index in [1.165, 1.54) is 0 Å². The molecule has 0 saturated carbocycles. The maximum atomic E-state index is 11.4. The van der Waals surface area contributed by atoms with Crippen molar-refractivity contribution in [3.05, 3.63) is 23.8 Å². The van der Waals surface area contributed by atoms with E-state index in [0.29, 0.717) is 36.7 Å². The minimum atomic E-state index is -0.506. The lowest BCUT2D eigenvalue weighted by atomic mass is 10.1. The van der Waals surface area contributed by atoms with Crippen LogP contribution in [0.25, 0.3) is 0 Å². The number of rotatable bonds is 3. The Morgan fingerprint density at radius 1 is 1.56 bits per heavy atom. The largest absolute Gasteiger partial charge is 0.399 e. The number of amides is 1. The van der Waals surface area contributed by atoms with Gasteiger partial charge in [-0.2, -0.15) is 0 Å². The summed E-state index contributed by atoms with van der Waals surface area (Å²) in [5, 5.41) is 9.35. The summed E-state index contributed by atoms with van der Waals surface area (Å²) in [5.74, 6) is -0.506. The van der Waals surface area contributed by atoms with E-state index in [1.807, 2.05) is 4.90 Å². The van der Waals surface area contributed by atoms with Gasteiger partial charge in [0.1, 0.15) is 0 Å². The first-order valence-corrected chi connectivity index (χ1v) is 5.78. The molecule has 2 rings (SSSR count). The van der Waals surface area contributed by atoms with Gasteiger partial charge >= 0.3 is 0 Å². The van der Waals surface area contributed by atoms with Crippen LogP contribution in [-0.4, -0.2) is 43.4 Å². The van der Waals surface area contributed by atoms with E-state index in [2.05, 4.69) is 0 Å². The minimum absolute atomic E-state index is 0.0486. The Morgan fingerprint density at radius 3 is 3.00 bits per heavy atom. The molecule has 5 N–H and O–H groups in total. The summed E-state index contributed by atoms with van der Waals surface area (Å²) in [6, 6.07) is 4.77. The van der Waals surface area contributed by atoms with Crippen LogP contribution >= 0.6 is 0 Å². The first-order chi connectivity index (χ1) is 8.63. The van der Waals surface area contributed by atoms with E-state index in [1.54, 1.807) is 18.2 Å². The van der Waals surface area contributed by atoms with Crippen molar-refractivity contribution in [3.8, 4) is 0 Å². The van der Waals surface area contributed by atoms with Gasteiger partial charge < -0.3 is 26.2 Å². The average molecular weight is 251 g/mol. The molecule has 6 nitrogen and oxygen atoms in total. The zero-order valence-electron chi connectivity index (χ0n) is 10.0. The molecule has 1 unspecified atom stereocenters. The van der Waals surface area contributed by atoms with Crippen molar-refractivity contribution in [2.75, 3.05) is 37.0 Å². The highest BCUT2D eigenvalue weighted by molar-refractivity contribution is 5.99. The maximum absolute atomic E-state index is 11.4. The molecule has 18 heavy (non-hydrogen) atoms. The van der Waals surface area contributed by atoms with Crippen LogP contribution in [0.2, 0.25) is 0 Å². The number of morpholine rings is 1. The average Bonchev–Trinajstić information content (AvgIpc) is 2.38. The Hall–Kier alpha value is -1.79. The normalized spacial score (nSPS) is 19.8. The lowest BCUT2D eigenvalue weighted by Crippen LogP contribution is -2.48. The predicted octanol–water partition coefficient (Wildman–Crippen LogP) is -0.435. The van der Waals surface area contributed by atoms with E-state index in [4.69, 9.17) is 16.2 Å². The molecule has 1 aliphatic rings. The molecule has 1 aliphatic heterocycles. The number of nitrogen functional groups attached to an aromatic ring is 1. The van der Waals surface area contributed by atoms with Crippen molar-refractivity contribution >= 4 is 17.3 Å². The molecular formula is C12H17N3O3. The fourth-order valence-corrected chi connectivity index (χ4v) is 2.12. The summed E-state index contributed by atoms with van der Waals surface area (Å²) < 4.78 is 5.31. The predicted molar refractivity (Wildman–Crippen MR) is 68.4 cm³/mol. The number of carbonyl (C=O) groups excluding carboxylic acids is 1. The quantitative estimate of drug-likeness (QED) is 0.632. The number of hydrogen-bond acceptors (Lipinski definition) is 5. The van der Waals surface area contributed by atoms with Crippen molar-refractivity contribution < 1.29 is 14.6 Å². The third-order valence-corrected chi connectivity index (χ3v) is 3.03. The summed E-state index contributed by atoms with van der Waals surface area (Å²) in [5.41, 5.74) is 12.7. The highest BCUT2D eigenvalue weighted by atomic mass is 16.5. The van der Waals surface area contributed by atoms with Gasteiger partial charge in [-0.25, -0.2) is 0 Å². The van der Waals surface area contributed by atoms with Crippen LogP contribution in [0.3, 0.4) is 0 Å². The summed E-state index contributed by atoms with van der Waals surface area (Å²) in [4.78, 5) is 13.3. The number of anilines is 2. The van der Waals surface area contributed by atoms with Crippen molar-refractivity contribution in [1.82, 2.24) is 0 Å². The number of aliphatic hydroxyl groups is 1. The highest BCUT2D eigenvalue weighted by Gasteiger charge is 2.25. The Labute approximate surface area is 105 Å². The van der Waals surface area contributed by atoms with Crippen LogP contribution in [0.15, 0.2) is 18.2 Å². The Kier molecular flexibility index (Phi) is 3.69. The monoisotopic (exact) mass is 251 g/mol. The number of ether oxygens (including phenoxy) is 1. The van der Waals surface area contributed by atoms with Crippen LogP contribution in [0.4, 0.5) is 11.4 Å². The molecule has 0 spiro atoms. The molecule has 6 heteroatoms. The lowest BCUT2D eigenvalue weighted by Gasteiger charge is -2.37. The third-order valence-electron chi connectivity index (χ3n) is 3.03. The molecule has 1 aromatic rings. The molecule has 1 aromatic carbocycles. The molecule has 0 radical (unpaired) electrons. The molecule has 0 aromatic heterocycles. The maximum Gasteiger partial charge on any atom is 0.250 e. The Balaban J connectivity index is 2.41. The number of hydrogen-bond donors (Lipinski definition) is 3. The number of nitrogens with two attached hydrogens (primary N) is 2.